The van der Waals surface area contributed by atoms with Gasteiger partial charge < -0.3 is 11.1 Å². The van der Waals surface area contributed by atoms with Gasteiger partial charge >= 0.3 is 0 Å². The van der Waals surface area contributed by atoms with Crippen molar-refractivity contribution in [2.24, 2.45) is 5.73 Å². The Bertz CT molecular complexity index is 294. The van der Waals surface area contributed by atoms with E-state index in [1.54, 1.807) is 0 Å². The predicted molar refractivity (Wildman–Crippen MR) is 56.6 cm³/mol. The maximum atomic E-state index is 5.53. The molecule has 3 nitrogen and oxygen atoms in total. The third-order valence-corrected chi connectivity index (χ3v) is 2.79. The molecule has 0 radical (unpaired) electrons. The molecular formula is C11H17N3. The Kier molecular flexibility index (Phi) is 3.11. The first-order valence-electron chi connectivity index (χ1n) is 5.26. The summed E-state index contributed by atoms with van der Waals surface area (Å²) in [5, 5.41) is 3.52. The topological polar surface area (TPSA) is 50.9 Å². The van der Waals surface area contributed by atoms with E-state index in [1.807, 2.05) is 12.3 Å². The fraction of sp³-hybridized carbons (Fsp3) is 0.545. The fourth-order valence-corrected chi connectivity index (χ4v) is 1.62. The number of aromatic nitrogens is 1. The lowest BCUT2D eigenvalue weighted by molar-refractivity contribution is 0.338. The van der Waals surface area contributed by atoms with Crippen molar-refractivity contribution >= 4 is 0 Å². The van der Waals surface area contributed by atoms with Crippen molar-refractivity contribution in [1.82, 2.24) is 10.3 Å². The van der Waals surface area contributed by atoms with E-state index in [0.717, 1.165) is 18.3 Å². The molecule has 0 spiro atoms. The molecule has 0 aromatic carbocycles. The van der Waals surface area contributed by atoms with Gasteiger partial charge in [-0.1, -0.05) is 6.42 Å². The van der Waals surface area contributed by atoms with Gasteiger partial charge in [0.05, 0.1) is 5.69 Å². The highest BCUT2D eigenvalue weighted by atomic mass is 14.9. The van der Waals surface area contributed by atoms with Gasteiger partial charge in [-0.15, -0.1) is 0 Å². The van der Waals surface area contributed by atoms with Crippen LogP contribution in [0.25, 0.3) is 0 Å². The summed E-state index contributed by atoms with van der Waals surface area (Å²) in [4.78, 5) is 4.17. The van der Waals surface area contributed by atoms with Crippen molar-refractivity contribution in [3.05, 3.63) is 29.6 Å². The zero-order valence-corrected chi connectivity index (χ0v) is 8.37. The van der Waals surface area contributed by atoms with Crippen LogP contribution in [0.3, 0.4) is 0 Å². The molecule has 0 unspecified atom stereocenters. The fourth-order valence-electron chi connectivity index (χ4n) is 1.62. The lowest BCUT2D eigenvalue weighted by Crippen LogP contribution is -2.34. The minimum Gasteiger partial charge on any atom is -0.325 e. The summed E-state index contributed by atoms with van der Waals surface area (Å²) in [6, 6.07) is 4.86. The van der Waals surface area contributed by atoms with Crippen molar-refractivity contribution in [3.63, 3.8) is 0 Å². The quantitative estimate of drug-likeness (QED) is 0.751. The maximum Gasteiger partial charge on any atom is 0.0542 e. The Hall–Kier alpha value is -0.930. The van der Waals surface area contributed by atoms with Crippen molar-refractivity contribution in [2.75, 3.05) is 0 Å². The van der Waals surface area contributed by atoms with Gasteiger partial charge in [0.25, 0.3) is 0 Å². The van der Waals surface area contributed by atoms with Crippen molar-refractivity contribution in [2.45, 2.75) is 38.4 Å². The first-order valence-corrected chi connectivity index (χ1v) is 5.26. The number of nitrogens with one attached hydrogen (secondary N) is 1. The van der Waals surface area contributed by atoms with Gasteiger partial charge in [0.15, 0.2) is 0 Å². The molecule has 0 saturated heterocycles. The molecule has 1 saturated carbocycles. The van der Waals surface area contributed by atoms with E-state index in [2.05, 4.69) is 16.4 Å². The van der Waals surface area contributed by atoms with Crippen LogP contribution in [-0.4, -0.2) is 11.0 Å². The van der Waals surface area contributed by atoms with Crippen LogP contribution < -0.4 is 11.1 Å². The molecule has 14 heavy (non-hydrogen) atoms. The molecule has 1 fully saturated rings. The van der Waals surface area contributed by atoms with Gasteiger partial charge in [0, 0.05) is 25.3 Å². The average Bonchev–Trinajstić information content (AvgIpc) is 2.16. The third-order valence-electron chi connectivity index (χ3n) is 2.79. The minimum absolute atomic E-state index is 0.525. The predicted octanol–water partition coefficient (Wildman–Crippen LogP) is 1.18. The summed E-state index contributed by atoms with van der Waals surface area (Å²) in [5.74, 6) is 0. The van der Waals surface area contributed by atoms with Gasteiger partial charge in [-0.05, 0) is 30.5 Å². The van der Waals surface area contributed by atoms with Crippen LogP contribution in [0.2, 0.25) is 0 Å². The van der Waals surface area contributed by atoms with Crippen LogP contribution >= 0.6 is 0 Å². The van der Waals surface area contributed by atoms with Crippen molar-refractivity contribution in [3.8, 4) is 0 Å². The van der Waals surface area contributed by atoms with Crippen LogP contribution in [0.1, 0.15) is 30.5 Å². The number of hydrogen-bond acceptors (Lipinski definition) is 3. The standard InChI is InChI=1S/C11H17N3/c12-7-11-6-9(4-5-13-11)8-14-10-2-1-3-10/h4-6,10,14H,1-3,7-8,12H2. The van der Waals surface area contributed by atoms with E-state index in [4.69, 9.17) is 5.73 Å². The molecule has 0 amide bonds. The summed E-state index contributed by atoms with van der Waals surface area (Å²) >= 11 is 0. The molecule has 76 valence electrons. The van der Waals surface area contributed by atoms with Gasteiger partial charge in [-0.25, -0.2) is 0 Å². The second kappa shape index (κ2) is 4.53. The highest BCUT2D eigenvalue weighted by Crippen LogP contribution is 2.18. The van der Waals surface area contributed by atoms with Crippen LogP contribution in [0.15, 0.2) is 18.3 Å². The number of pyridine rings is 1. The summed E-state index contributed by atoms with van der Waals surface area (Å²) in [6.45, 7) is 1.47. The van der Waals surface area contributed by atoms with Crippen LogP contribution in [-0.2, 0) is 13.1 Å². The van der Waals surface area contributed by atoms with Gasteiger partial charge in [0.1, 0.15) is 0 Å². The Morgan fingerprint density at radius 2 is 2.36 bits per heavy atom. The smallest absolute Gasteiger partial charge is 0.0542 e. The molecule has 2 rings (SSSR count). The molecule has 1 aromatic heterocycles. The largest absolute Gasteiger partial charge is 0.325 e. The minimum atomic E-state index is 0.525. The molecule has 0 bridgehead atoms. The number of nitrogens with two attached hydrogens (primary N) is 1. The molecule has 0 atom stereocenters. The molecule has 1 aliphatic carbocycles. The number of rotatable bonds is 4. The Morgan fingerprint density at radius 1 is 1.50 bits per heavy atom. The Labute approximate surface area is 84.7 Å². The number of nitrogens with zero attached hydrogens (tertiary/aromatic N) is 1. The second-order valence-electron chi connectivity index (χ2n) is 3.87. The highest BCUT2D eigenvalue weighted by Gasteiger charge is 2.15. The first-order chi connectivity index (χ1) is 6.88. The van der Waals surface area contributed by atoms with Gasteiger partial charge in [-0.2, -0.15) is 0 Å². The Morgan fingerprint density at radius 3 is 3.00 bits per heavy atom. The lowest BCUT2D eigenvalue weighted by atomic mass is 9.93. The van der Waals surface area contributed by atoms with Crippen molar-refractivity contribution < 1.29 is 0 Å². The van der Waals surface area contributed by atoms with Crippen LogP contribution in [0.5, 0.6) is 0 Å². The molecule has 1 aromatic rings. The molecule has 1 aliphatic rings. The van der Waals surface area contributed by atoms with E-state index in [0.29, 0.717) is 6.54 Å². The summed E-state index contributed by atoms with van der Waals surface area (Å²) in [7, 11) is 0. The van der Waals surface area contributed by atoms with E-state index < -0.39 is 0 Å². The zero-order chi connectivity index (χ0) is 9.80. The van der Waals surface area contributed by atoms with E-state index in [1.165, 1.54) is 24.8 Å². The highest BCUT2D eigenvalue weighted by molar-refractivity contribution is 5.16. The normalized spacial score (nSPS) is 16.6. The third kappa shape index (κ3) is 2.30. The maximum absolute atomic E-state index is 5.53. The SMILES string of the molecule is NCc1cc(CNC2CCC2)ccn1. The van der Waals surface area contributed by atoms with Crippen LogP contribution in [0.4, 0.5) is 0 Å². The average molecular weight is 191 g/mol. The van der Waals surface area contributed by atoms with E-state index in [-0.39, 0.29) is 0 Å². The van der Waals surface area contributed by atoms with E-state index >= 15 is 0 Å². The Balaban J connectivity index is 1.87. The second-order valence-corrected chi connectivity index (χ2v) is 3.87. The van der Waals surface area contributed by atoms with E-state index in [9.17, 15) is 0 Å². The number of hydrogen-bond donors (Lipinski definition) is 2. The summed E-state index contributed by atoms with van der Waals surface area (Å²) in [5.41, 5.74) is 7.78. The summed E-state index contributed by atoms with van der Waals surface area (Å²) in [6.07, 6.45) is 5.87. The molecule has 3 N–H and O–H groups in total. The zero-order valence-electron chi connectivity index (χ0n) is 8.37. The van der Waals surface area contributed by atoms with Gasteiger partial charge in [0.2, 0.25) is 0 Å². The van der Waals surface area contributed by atoms with Crippen molar-refractivity contribution in [1.29, 1.82) is 0 Å². The first kappa shape index (κ1) is 9.62. The molecular weight excluding hydrogens is 174 g/mol. The molecule has 0 aliphatic heterocycles. The monoisotopic (exact) mass is 191 g/mol. The lowest BCUT2D eigenvalue weighted by Gasteiger charge is -2.26. The molecule has 1 heterocycles. The summed E-state index contributed by atoms with van der Waals surface area (Å²) < 4.78 is 0. The van der Waals surface area contributed by atoms with Gasteiger partial charge in [-0.3, -0.25) is 4.98 Å². The van der Waals surface area contributed by atoms with Crippen LogP contribution in [0, 0.1) is 0 Å². The molecule has 3 heteroatoms.